The number of hydrogen-bond acceptors (Lipinski definition) is 2. The van der Waals surface area contributed by atoms with Crippen LogP contribution >= 0.6 is 11.6 Å². The molecule has 9 heteroatoms. The zero-order valence-electron chi connectivity index (χ0n) is 18.0. The molecule has 1 aliphatic heterocycles. The van der Waals surface area contributed by atoms with E-state index in [1.54, 1.807) is 58.3 Å². The molecule has 0 radical (unpaired) electrons. The van der Waals surface area contributed by atoms with E-state index >= 15 is 0 Å². The lowest BCUT2D eigenvalue weighted by molar-refractivity contribution is -0.137. The fourth-order valence-corrected chi connectivity index (χ4v) is 3.84. The van der Waals surface area contributed by atoms with Crippen LogP contribution in [-0.2, 0) is 12.7 Å². The average Bonchev–Trinajstić information content (AvgIpc) is 2.81. The summed E-state index contributed by atoms with van der Waals surface area (Å²) in [6.07, 6.45) is -3.67. The Bertz CT molecular complexity index is 1160. The molecule has 3 aromatic carbocycles. The Balaban J connectivity index is 1.40. The maximum absolute atomic E-state index is 13.0. The summed E-state index contributed by atoms with van der Waals surface area (Å²) in [5.41, 5.74) is 1.63. The average molecular weight is 488 g/mol. The number of carbonyl (C=O) groups is 2. The van der Waals surface area contributed by atoms with E-state index < -0.39 is 11.7 Å². The molecule has 3 aromatic rings. The van der Waals surface area contributed by atoms with Crippen molar-refractivity contribution in [3.8, 4) is 0 Å². The van der Waals surface area contributed by atoms with Gasteiger partial charge in [0.25, 0.3) is 5.91 Å². The van der Waals surface area contributed by atoms with Gasteiger partial charge in [-0.25, -0.2) is 4.79 Å². The van der Waals surface area contributed by atoms with Crippen molar-refractivity contribution in [3.05, 3.63) is 94.5 Å². The van der Waals surface area contributed by atoms with Gasteiger partial charge in [0.1, 0.15) is 0 Å². The van der Waals surface area contributed by atoms with Gasteiger partial charge in [0.15, 0.2) is 0 Å². The second-order valence-corrected chi connectivity index (χ2v) is 8.35. The summed E-state index contributed by atoms with van der Waals surface area (Å²) in [6, 6.07) is 18.1. The van der Waals surface area contributed by atoms with E-state index in [4.69, 9.17) is 11.6 Å². The monoisotopic (exact) mass is 487 g/mol. The highest BCUT2D eigenvalue weighted by Gasteiger charge is 2.30. The number of anilines is 2. The van der Waals surface area contributed by atoms with Gasteiger partial charge in [0, 0.05) is 41.6 Å². The smallest absolute Gasteiger partial charge is 0.322 e. The van der Waals surface area contributed by atoms with Gasteiger partial charge < -0.3 is 10.2 Å². The van der Waals surface area contributed by atoms with Gasteiger partial charge in [-0.1, -0.05) is 23.7 Å². The highest BCUT2D eigenvalue weighted by atomic mass is 35.5. The molecule has 3 amide bonds. The van der Waals surface area contributed by atoms with E-state index in [9.17, 15) is 22.8 Å². The maximum Gasteiger partial charge on any atom is 0.416 e. The van der Waals surface area contributed by atoms with Crippen LogP contribution in [0.2, 0.25) is 5.02 Å². The number of halogens is 4. The number of hydrogen-bond donors (Lipinski definition) is 1. The van der Waals surface area contributed by atoms with Crippen molar-refractivity contribution in [1.29, 1.82) is 0 Å². The zero-order chi connectivity index (χ0) is 24.3. The molecule has 0 unspecified atom stereocenters. The van der Waals surface area contributed by atoms with Crippen LogP contribution in [-0.4, -0.2) is 29.9 Å². The largest absolute Gasteiger partial charge is 0.416 e. The molecule has 0 saturated carbocycles. The first-order valence-electron chi connectivity index (χ1n) is 10.6. The molecular weight excluding hydrogens is 467 g/mol. The first-order chi connectivity index (χ1) is 16.2. The summed E-state index contributed by atoms with van der Waals surface area (Å²) in [7, 11) is 0. The number of nitrogens with one attached hydrogen (secondary N) is 1. The third-order valence-electron chi connectivity index (χ3n) is 5.51. The lowest BCUT2D eigenvalue weighted by atomic mass is 10.1. The van der Waals surface area contributed by atoms with E-state index in [1.807, 2.05) is 0 Å². The molecule has 34 heavy (non-hydrogen) atoms. The summed E-state index contributed by atoms with van der Waals surface area (Å²) in [5, 5.41) is 3.34. The lowest BCUT2D eigenvalue weighted by Gasteiger charge is -2.35. The molecule has 1 saturated heterocycles. The van der Waals surface area contributed by atoms with Crippen LogP contribution in [0.15, 0.2) is 72.8 Å². The molecule has 5 nitrogen and oxygen atoms in total. The Labute approximate surface area is 199 Å². The van der Waals surface area contributed by atoms with Crippen LogP contribution in [0.4, 0.5) is 29.3 Å². The molecular formula is C25H21ClF3N3O2. The van der Waals surface area contributed by atoms with Gasteiger partial charge in [0.05, 0.1) is 5.56 Å². The maximum atomic E-state index is 13.0. The topological polar surface area (TPSA) is 52.7 Å². The number of nitrogens with zero attached hydrogens (tertiary/aromatic N) is 2. The molecule has 1 fully saturated rings. The van der Waals surface area contributed by atoms with E-state index in [-0.39, 0.29) is 18.5 Å². The Kier molecular flexibility index (Phi) is 6.79. The summed E-state index contributed by atoms with van der Waals surface area (Å²) in [4.78, 5) is 28.6. The minimum Gasteiger partial charge on any atom is -0.322 e. The van der Waals surface area contributed by atoms with E-state index in [0.29, 0.717) is 40.6 Å². The lowest BCUT2D eigenvalue weighted by Crippen LogP contribution is -2.49. The first-order valence-corrected chi connectivity index (χ1v) is 11.0. The zero-order valence-corrected chi connectivity index (χ0v) is 18.7. The summed E-state index contributed by atoms with van der Waals surface area (Å²) in [6.45, 7) is 1.27. The SMILES string of the molecule is O=C(Nc1ccc(N2CCCN(Cc3ccc(C(F)(F)F)cc3)C2=O)cc1)c1ccc(Cl)cc1. The minimum atomic E-state index is -4.39. The molecule has 0 atom stereocenters. The van der Waals surface area contributed by atoms with Crippen molar-refractivity contribution in [1.82, 2.24) is 4.90 Å². The van der Waals surface area contributed by atoms with Gasteiger partial charge in [-0.15, -0.1) is 0 Å². The predicted molar refractivity (Wildman–Crippen MR) is 125 cm³/mol. The molecule has 0 aromatic heterocycles. The van der Waals surface area contributed by atoms with Crippen LogP contribution in [0.25, 0.3) is 0 Å². The second-order valence-electron chi connectivity index (χ2n) is 7.91. The molecule has 1 heterocycles. The van der Waals surface area contributed by atoms with E-state index in [0.717, 1.165) is 18.6 Å². The number of carbonyl (C=O) groups excluding carboxylic acids is 2. The second kappa shape index (κ2) is 9.77. The fraction of sp³-hybridized carbons (Fsp3) is 0.200. The van der Waals surface area contributed by atoms with Crippen LogP contribution in [0.3, 0.4) is 0 Å². The van der Waals surface area contributed by atoms with Gasteiger partial charge in [-0.3, -0.25) is 9.69 Å². The van der Waals surface area contributed by atoms with Crippen molar-refractivity contribution in [3.63, 3.8) is 0 Å². The molecule has 0 aliphatic carbocycles. The number of benzene rings is 3. The van der Waals surface area contributed by atoms with Crippen molar-refractivity contribution < 1.29 is 22.8 Å². The number of urea groups is 1. The van der Waals surface area contributed by atoms with Crippen LogP contribution < -0.4 is 10.2 Å². The third-order valence-corrected chi connectivity index (χ3v) is 5.76. The van der Waals surface area contributed by atoms with Crippen molar-refractivity contribution in [2.24, 2.45) is 0 Å². The number of alkyl halides is 3. The normalized spacial score (nSPS) is 14.3. The summed E-state index contributed by atoms with van der Waals surface area (Å²) in [5.74, 6) is -0.277. The standard InChI is InChI=1S/C25H21ClF3N3O2/c26-20-8-4-18(5-9-20)23(33)30-21-10-12-22(13-11-21)32-15-1-14-31(24(32)34)16-17-2-6-19(7-3-17)25(27,28)29/h2-13H,1,14-16H2,(H,30,33). The fourth-order valence-electron chi connectivity index (χ4n) is 3.72. The van der Waals surface area contributed by atoms with Gasteiger partial charge in [-0.2, -0.15) is 13.2 Å². The molecule has 0 spiro atoms. The Morgan fingerprint density at radius 2 is 1.56 bits per heavy atom. The molecule has 0 bridgehead atoms. The van der Waals surface area contributed by atoms with Crippen LogP contribution in [0.1, 0.15) is 27.9 Å². The van der Waals surface area contributed by atoms with Gasteiger partial charge in [0.2, 0.25) is 0 Å². The predicted octanol–water partition coefficient (Wildman–Crippen LogP) is 6.44. The van der Waals surface area contributed by atoms with E-state index in [1.165, 1.54) is 12.1 Å². The molecule has 176 valence electrons. The van der Waals surface area contributed by atoms with Gasteiger partial charge >= 0.3 is 12.2 Å². The van der Waals surface area contributed by atoms with Crippen molar-refractivity contribution >= 4 is 34.9 Å². The Hall–Kier alpha value is -3.52. The van der Waals surface area contributed by atoms with E-state index in [2.05, 4.69) is 5.32 Å². The van der Waals surface area contributed by atoms with Crippen LogP contribution in [0.5, 0.6) is 0 Å². The van der Waals surface area contributed by atoms with Crippen molar-refractivity contribution in [2.45, 2.75) is 19.1 Å². The molecule has 4 rings (SSSR count). The van der Waals surface area contributed by atoms with Crippen molar-refractivity contribution in [2.75, 3.05) is 23.3 Å². The first kappa shape index (κ1) is 23.6. The molecule has 1 N–H and O–H groups in total. The van der Waals surface area contributed by atoms with Gasteiger partial charge in [-0.05, 0) is 72.6 Å². The quantitative estimate of drug-likeness (QED) is 0.450. The van der Waals surface area contributed by atoms with Crippen LogP contribution in [0, 0.1) is 0 Å². The summed E-state index contributed by atoms with van der Waals surface area (Å²) >= 11 is 5.85. The minimum absolute atomic E-state index is 0.218. The molecule has 1 aliphatic rings. The number of rotatable bonds is 5. The highest BCUT2D eigenvalue weighted by Crippen LogP contribution is 2.30. The summed E-state index contributed by atoms with van der Waals surface area (Å²) < 4.78 is 38.3. The Morgan fingerprint density at radius 3 is 2.18 bits per heavy atom. The third kappa shape index (κ3) is 5.51. The number of amides is 3. The highest BCUT2D eigenvalue weighted by molar-refractivity contribution is 6.30. The Morgan fingerprint density at radius 1 is 0.912 bits per heavy atom.